The van der Waals surface area contributed by atoms with Crippen LogP contribution in [0.3, 0.4) is 0 Å². The van der Waals surface area contributed by atoms with Crippen LogP contribution < -0.4 is 10.3 Å². The zero-order valence-electron chi connectivity index (χ0n) is 15.6. The van der Waals surface area contributed by atoms with Crippen molar-refractivity contribution < 1.29 is 9.53 Å². The van der Waals surface area contributed by atoms with Crippen LogP contribution >= 0.6 is 0 Å². The van der Waals surface area contributed by atoms with E-state index in [-0.39, 0.29) is 5.56 Å². The third kappa shape index (κ3) is 3.25. The van der Waals surface area contributed by atoms with Gasteiger partial charge in [-0.25, -0.2) is 9.78 Å². The predicted octanol–water partition coefficient (Wildman–Crippen LogP) is 4.08. The quantitative estimate of drug-likeness (QED) is 0.518. The molecule has 3 aromatic rings. The lowest BCUT2D eigenvalue weighted by atomic mass is 9.99. The summed E-state index contributed by atoms with van der Waals surface area (Å²) in [6.07, 6.45) is 2.79. The van der Waals surface area contributed by atoms with E-state index >= 15 is 0 Å². The molecule has 27 heavy (non-hydrogen) atoms. The molecule has 1 aliphatic rings. The molecule has 0 N–H and O–H groups in total. The highest BCUT2D eigenvalue weighted by Crippen LogP contribution is 2.22. The summed E-state index contributed by atoms with van der Waals surface area (Å²) in [5, 5.41) is 0.537. The number of nitrogens with zero attached hydrogens (tertiary/aromatic N) is 2. The van der Waals surface area contributed by atoms with E-state index in [1.807, 2.05) is 24.3 Å². The van der Waals surface area contributed by atoms with Gasteiger partial charge in [-0.1, -0.05) is 26.0 Å². The molecule has 1 aliphatic heterocycles. The van der Waals surface area contributed by atoms with Gasteiger partial charge in [-0.15, -0.1) is 0 Å². The Morgan fingerprint density at radius 2 is 2.00 bits per heavy atom. The average Bonchev–Trinajstić information content (AvgIpc) is 3.16. The highest BCUT2D eigenvalue weighted by molar-refractivity contribution is 5.95. The van der Waals surface area contributed by atoms with Crippen molar-refractivity contribution in [3.05, 3.63) is 69.8 Å². The van der Waals surface area contributed by atoms with E-state index in [2.05, 4.69) is 18.8 Å². The average molecular weight is 362 g/mol. The molecule has 0 saturated heterocycles. The van der Waals surface area contributed by atoms with Gasteiger partial charge in [0.15, 0.2) is 0 Å². The Balaban J connectivity index is 1.59. The molecule has 2 aromatic carbocycles. The number of hydrogen-bond donors (Lipinski definition) is 0. The van der Waals surface area contributed by atoms with Crippen molar-refractivity contribution in [3.8, 4) is 5.75 Å². The predicted molar refractivity (Wildman–Crippen MR) is 104 cm³/mol. The summed E-state index contributed by atoms with van der Waals surface area (Å²) >= 11 is 0. The van der Waals surface area contributed by atoms with Gasteiger partial charge in [0.25, 0.3) is 5.56 Å². The molecule has 138 valence electrons. The van der Waals surface area contributed by atoms with E-state index in [0.717, 1.165) is 25.1 Å². The van der Waals surface area contributed by atoms with Crippen LogP contribution in [0.5, 0.6) is 5.75 Å². The van der Waals surface area contributed by atoms with Crippen LogP contribution in [0.1, 0.15) is 54.4 Å². The molecule has 0 aliphatic carbocycles. The van der Waals surface area contributed by atoms with Gasteiger partial charge in [-0.05, 0) is 54.7 Å². The van der Waals surface area contributed by atoms with Gasteiger partial charge in [0, 0.05) is 13.0 Å². The van der Waals surface area contributed by atoms with Crippen LogP contribution in [-0.2, 0) is 13.0 Å². The SMILES string of the molecule is CC[C@H](C)c1ccc(OC(=O)c2ccc3c(=O)n4c(nc3c2)CCC4)cc1. The highest BCUT2D eigenvalue weighted by Gasteiger charge is 2.17. The molecule has 0 bridgehead atoms. The Morgan fingerprint density at radius 1 is 1.22 bits per heavy atom. The molecule has 2 heterocycles. The number of aryl methyl sites for hydroxylation is 1. The highest BCUT2D eigenvalue weighted by atomic mass is 16.5. The third-order valence-electron chi connectivity index (χ3n) is 5.32. The third-order valence-corrected chi connectivity index (χ3v) is 5.32. The summed E-state index contributed by atoms with van der Waals surface area (Å²) in [7, 11) is 0. The van der Waals surface area contributed by atoms with Crippen LogP contribution in [0.4, 0.5) is 0 Å². The first kappa shape index (κ1) is 17.5. The van der Waals surface area contributed by atoms with E-state index in [9.17, 15) is 9.59 Å². The first-order valence-electron chi connectivity index (χ1n) is 9.42. The number of carbonyl (C=O) groups excluding carboxylic acids is 1. The largest absolute Gasteiger partial charge is 0.423 e. The zero-order valence-corrected chi connectivity index (χ0v) is 15.6. The van der Waals surface area contributed by atoms with E-state index in [0.29, 0.717) is 34.7 Å². The molecule has 1 atom stereocenters. The maximum absolute atomic E-state index is 12.5. The second-order valence-corrected chi connectivity index (χ2v) is 7.09. The van der Waals surface area contributed by atoms with Gasteiger partial charge in [-0.3, -0.25) is 9.36 Å². The normalized spacial score (nSPS) is 14.1. The molecule has 0 saturated carbocycles. The number of aromatic nitrogens is 2. The fourth-order valence-electron chi connectivity index (χ4n) is 3.48. The van der Waals surface area contributed by atoms with Gasteiger partial charge in [0.1, 0.15) is 11.6 Å². The molecular weight excluding hydrogens is 340 g/mol. The van der Waals surface area contributed by atoms with Crippen molar-refractivity contribution in [2.45, 2.75) is 45.6 Å². The topological polar surface area (TPSA) is 61.2 Å². The number of ether oxygens (including phenoxy) is 1. The standard InChI is InChI=1S/C22H22N2O3/c1-3-14(2)15-6-9-17(10-7-15)27-22(26)16-8-11-18-19(13-16)23-20-5-4-12-24(20)21(18)25/h6-11,13-14H,3-5,12H2,1-2H3/t14-/m0/s1. The number of carbonyl (C=O) groups is 1. The molecule has 4 rings (SSSR count). The number of fused-ring (bicyclic) bond motifs is 2. The first-order valence-corrected chi connectivity index (χ1v) is 9.42. The summed E-state index contributed by atoms with van der Waals surface area (Å²) in [4.78, 5) is 29.6. The smallest absolute Gasteiger partial charge is 0.343 e. The second kappa shape index (κ2) is 6.99. The summed E-state index contributed by atoms with van der Waals surface area (Å²) < 4.78 is 7.21. The Bertz CT molecular complexity index is 1070. The lowest BCUT2D eigenvalue weighted by molar-refractivity contribution is 0.0735. The van der Waals surface area contributed by atoms with Crippen molar-refractivity contribution >= 4 is 16.9 Å². The van der Waals surface area contributed by atoms with Crippen molar-refractivity contribution in [1.82, 2.24) is 9.55 Å². The number of benzene rings is 2. The minimum absolute atomic E-state index is 0.0342. The molecule has 0 spiro atoms. The second-order valence-electron chi connectivity index (χ2n) is 7.09. The monoisotopic (exact) mass is 362 g/mol. The fourth-order valence-corrected chi connectivity index (χ4v) is 3.48. The molecule has 5 heteroatoms. The van der Waals surface area contributed by atoms with Crippen LogP contribution in [0.2, 0.25) is 0 Å². The molecular formula is C22H22N2O3. The van der Waals surface area contributed by atoms with E-state index in [1.54, 1.807) is 22.8 Å². The molecule has 0 fully saturated rings. The van der Waals surface area contributed by atoms with Crippen molar-refractivity contribution in [1.29, 1.82) is 0 Å². The Hall–Kier alpha value is -2.95. The number of esters is 1. The lowest BCUT2D eigenvalue weighted by Crippen LogP contribution is -2.21. The fraction of sp³-hybridized carbons (Fsp3) is 0.318. The number of hydrogen-bond acceptors (Lipinski definition) is 4. The first-order chi connectivity index (χ1) is 13.1. The Morgan fingerprint density at radius 3 is 2.74 bits per heavy atom. The van der Waals surface area contributed by atoms with Crippen LogP contribution in [0.15, 0.2) is 47.3 Å². The van der Waals surface area contributed by atoms with Crippen LogP contribution in [0.25, 0.3) is 10.9 Å². The molecule has 0 radical (unpaired) electrons. The van der Waals surface area contributed by atoms with E-state index in [4.69, 9.17) is 4.74 Å². The number of rotatable bonds is 4. The summed E-state index contributed by atoms with van der Waals surface area (Å²) in [6, 6.07) is 12.6. The van der Waals surface area contributed by atoms with Crippen LogP contribution in [-0.4, -0.2) is 15.5 Å². The van der Waals surface area contributed by atoms with Gasteiger partial charge >= 0.3 is 5.97 Å². The maximum Gasteiger partial charge on any atom is 0.343 e. The van der Waals surface area contributed by atoms with Gasteiger partial charge < -0.3 is 4.74 Å². The Labute approximate surface area is 157 Å². The van der Waals surface area contributed by atoms with Gasteiger partial charge in [0.2, 0.25) is 0 Å². The maximum atomic E-state index is 12.5. The minimum atomic E-state index is -0.449. The Kier molecular flexibility index (Phi) is 4.52. The summed E-state index contributed by atoms with van der Waals surface area (Å²) in [5.41, 5.74) is 2.13. The van der Waals surface area contributed by atoms with Crippen molar-refractivity contribution in [2.75, 3.05) is 0 Å². The molecule has 5 nitrogen and oxygen atoms in total. The van der Waals surface area contributed by atoms with Crippen molar-refractivity contribution in [2.24, 2.45) is 0 Å². The van der Waals surface area contributed by atoms with E-state index in [1.165, 1.54) is 5.56 Å². The summed E-state index contributed by atoms with van der Waals surface area (Å²) in [5.74, 6) is 1.32. The molecule has 1 aromatic heterocycles. The minimum Gasteiger partial charge on any atom is -0.423 e. The summed E-state index contributed by atoms with van der Waals surface area (Å²) in [6.45, 7) is 5.03. The molecule has 0 unspecified atom stereocenters. The van der Waals surface area contributed by atoms with Crippen LogP contribution in [0, 0.1) is 0 Å². The van der Waals surface area contributed by atoms with Gasteiger partial charge in [-0.2, -0.15) is 0 Å². The molecule has 0 amide bonds. The van der Waals surface area contributed by atoms with E-state index < -0.39 is 5.97 Å². The van der Waals surface area contributed by atoms with Gasteiger partial charge in [0.05, 0.1) is 16.5 Å². The zero-order chi connectivity index (χ0) is 19.0. The van der Waals surface area contributed by atoms with Crippen molar-refractivity contribution in [3.63, 3.8) is 0 Å². The lowest BCUT2D eigenvalue weighted by Gasteiger charge is -2.10.